The van der Waals surface area contributed by atoms with Crippen LogP contribution < -0.4 is 5.32 Å². The number of nitrogens with one attached hydrogen (secondary N) is 2. The van der Waals surface area contributed by atoms with Crippen molar-refractivity contribution in [1.29, 1.82) is 0 Å². The standard InChI is InChI=1S/C18H20N6O2S/c1-24-9-8-15(23-24)27(25,26)18-20-17(21-22-18)19-16-13-6-2-4-11(13)10-12-5-3-7-14(12)16/h8-10H,2-7H2,1H3,(H2,19,20,21,22). The largest absolute Gasteiger partial charge is 0.322 e. The number of hydrogen-bond acceptors (Lipinski definition) is 6. The number of H-pyrrole nitrogens is 1. The van der Waals surface area contributed by atoms with Crippen LogP contribution in [0.15, 0.2) is 28.5 Å². The summed E-state index contributed by atoms with van der Waals surface area (Å²) in [6.07, 6.45) is 8.16. The molecule has 0 unspecified atom stereocenters. The smallest absolute Gasteiger partial charge is 0.260 e. The minimum Gasteiger partial charge on any atom is -0.322 e. The topological polar surface area (TPSA) is 106 Å². The highest BCUT2D eigenvalue weighted by Crippen LogP contribution is 2.39. The zero-order valence-electron chi connectivity index (χ0n) is 15.0. The van der Waals surface area contributed by atoms with E-state index in [1.807, 2.05) is 0 Å². The minimum atomic E-state index is -3.81. The summed E-state index contributed by atoms with van der Waals surface area (Å²) >= 11 is 0. The molecule has 0 bridgehead atoms. The van der Waals surface area contributed by atoms with Crippen LogP contribution in [0.3, 0.4) is 0 Å². The first-order valence-electron chi connectivity index (χ1n) is 9.13. The summed E-state index contributed by atoms with van der Waals surface area (Å²) in [6, 6.07) is 3.80. The molecular weight excluding hydrogens is 364 g/mol. The zero-order valence-corrected chi connectivity index (χ0v) is 15.8. The van der Waals surface area contributed by atoms with Gasteiger partial charge in [-0.1, -0.05) is 6.07 Å². The van der Waals surface area contributed by atoms with Crippen molar-refractivity contribution in [2.24, 2.45) is 7.05 Å². The van der Waals surface area contributed by atoms with Crippen LogP contribution in [0.4, 0.5) is 11.6 Å². The number of aromatic amines is 1. The van der Waals surface area contributed by atoms with Gasteiger partial charge in [0.1, 0.15) is 0 Å². The predicted octanol–water partition coefficient (Wildman–Crippen LogP) is 2.09. The van der Waals surface area contributed by atoms with Crippen molar-refractivity contribution in [1.82, 2.24) is 25.0 Å². The normalized spacial score (nSPS) is 15.7. The van der Waals surface area contributed by atoms with Crippen LogP contribution in [-0.2, 0) is 42.6 Å². The lowest BCUT2D eigenvalue weighted by Crippen LogP contribution is -2.06. The number of sulfone groups is 1. The Hall–Kier alpha value is -2.68. The van der Waals surface area contributed by atoms with E-state index in [-0.39, 0.29) is 16.1 Å². The van der Waals surface area contributed by atoms with E-state index in [0.717, 1.165) is 44.2 Å². The lowest BCUT2D eigenvalue weighted by atomic mass is 9.99. The molecule has 2 N–H and O–H groups in total. The molecule has 0 saturated carbocycles. The highest BCUT2D eigenvalue weighted by molar-refractivity contribution is 7.91. The summed E-state index contributed by atoms with van der Waals surface area (Å²) in [5, 5.41) is 13.7. The summed E-state index contributed by atoms with van der Waals surface area (Å²) < 4.78 is 26.7. The Morgan fingerprint density at radius 2 is 1.81 bits per heavy atom. The van der Waals surface area contributed by atoms with Crippen molar-refractivity contribution in [2.45, 2.75) is 48.7 Å². The first kappa shape index (κ1) is 16.5. The molecule has 0 radical (unpaired) electrons. The molecule has 0 fully saturated rings. The summed E-state index contributed by atoms with van der Waals surface area (Å²) in [5.41, 5.74) is 6.53. The van der Waals surface area contributed by atoms with Crippen LogP contribution in [-0.4, -0.2) is 33.4 Å². The van der Waals surface area contributed by atoms with Crippen molar-refractivity contribution in [2.75, 3.05) is 5.32 Å². The van der Waals surface area contributed by atoms with Gasteiger partial charge in [0.2, 0.25) is 5.95 Å². The quantitative estimate of drug-likeness (QED) is 0.714. The molecule has 2 aromatic heterocycles. The highest BCUT2D eigenvalue weighted by Gasteiger charge is 2.27. The summed E-state index contributed by atoms with van der Waals surface area (Å²) in [7, 11) is -2.14. The average molecular weight is 384 g/mol. The average Bonchev–Trinajstić information content (AvgIpc) is 3.41. The van der Waals surface area contributed by atoms with Crippen LogP contribution in [0.1, 0.15) is 35.1 Å². The van der Waals surface area contributed by atoms with Crippen molar-refractivity contribution < 1.29 is 8.42 Å². The van der Waals surface area contributed by atoms with Crippen molar-refractivity contribution >= 4 is 21.5 Å². The molecule has 2 aliphatic carbocycles. The first-order valence-corrected chi connectivity index (χ1v) is 10.6. The number of fused-ring (bicyclic) bond motifs is 2. The fourth-order valence-corrected chi connectivity index (χ4v) is 5.18. The molecule has 0 amide bonds. The van der Waals surface area contributed by atoms with E-state index in [9.17, 15) is 8.42 Å². The maximum absolute atomic E-state index is 12.6. The van der Waals surface area contributed by atoms with Crippen LogP contribution in [0, 0.1) is 0 Å². The molecule has 2 heterocycles. The minimum absolute atomic E-state index is 0.0470. The van der Waals surface area contributed by atoms with E-state index in [0.29, 0.717) is 0 Å². The lowest BCUT2D eigenvalue weighted by molar-refractivity contribution is 0.580. The third kappa shape index (κ3) is 2.64. The van der Waals surface area contributed by atoms with Gasteiger partial charge in [-0.25, -0.2) is 13.5 Å². The van der Waals surface area contributed by atoms with Gasteiger partial charge in [-0.05, 0) is 66.8 Å². The van der Waals surface area contributed by atoms with Gasteiger partial charge in [-0.2, -0.15) is 10.1 Å². The van der Waals surface area contributed by atoms with Gasteiger partial charge in [-0.3, -0.25) is 4.68 Å². The van der Waals surface area contributed by atoms with Gasteiger partial charge in [0.15, 0.2) is 5.03 Å². The molecular formula is C18H20N6O2S. The van der Waals surface area contributed by atoms with Crippen LogP contribution >= 0.6 is 0 Å². The molecule has 0 saturated heterocycles. The highest BCUT2D eigenvalue weighted by atomic mass is 32.2. The maximum atomic E-state index is 12.6. The number of rotatable bonds is 4. The van der Waals surface area contributed by atoms with E-state index in [1.165, 1.54) is 33.0 Å². The van der Waals surface area contributed by atoms with Gasteiger partial charge >= 0.3 is 0 Å². The number of benzene rings is 1. The van der Waals surface area contributed by atoms with Crippen LogP contribution in [0.5, 0.6) is 0 Å². The van der Waals surface area contributed by atoms with Crippen LogP contribution in [0.2, 0.25) is 0 Å². The van der Waals surface area contributed by atoms with Gasteiger partial charge in [0.25, 0.3) is 15.0 Å². The number of hydrogen-bond donors (Lipinski definition) is 2. The van der Waals surface area contributed by atoms with Crippen molar-refractivity contribution in [3.05, 3.63) is 40.6 Å². The molecule has 0 spiro atoms. The second-order valence-corrected chi connectivity index (χ2v) is 8.97. The fraction of sp³-hybridized carbons (Fsp3) is 0.389. The van der Waals surface area contributed by atoms with E-state index >= 15 is 0 Å². The molecule has 0 aliphatic heterocycles. The predicted molar refractivity (Wildman–Crippen MR) is 98.8 cm³/mol. The molecule has 27 heavy (non-hydrogen) atoms. The second-order valence-electron chi connectivity index (χ2n) is 7.15. The molecule has 9 heteroatoms. The van der Waals surface area contributed by atoms with Gasteiger partial charge < -0.3 is 5.32 Å². The Morgan fingerprint density at radius 1 is 1.11 bits per heavy atom. The van der Waals surface area contributed by atoms with E-state index in [2.05, 4.69) is 31.7 Å². The summed E-state index contributed by atoms with van der Waals surface area (Å²) in [6.45, 7) is 0. The van der Waals surface area contributed by atoms with E-state index in [4.69, 9.17) is 0 Å². The molecule has 0 atom stereocenters. The summed E-state index contributed by atoms with van der Waals surface area (Å²) in [5.74, 6) is 0.277. The number of nitrogens with zero attached hydrogens (tertiary/aromatic N) is 4. The summed E-state index contributed by atoms with van der Waals surface area (Å²) in [4.78, 5) is 4.20. The number of aryl methyl sites for hydroxylation is 3. The zero-order chi connectivity index (χ0) is 18.6. The number of aromatic nitrogens is 5. The first-order chi connectivity index (χ1) is 13.0. The molecule has 3 aromatic rings. The molecule has 140 valence electrons. The second kappa shape index (κ2) is 5.91. The van der Waals surface area contributed by atoms with E-state index in [1.54, 1.807) is 13.2 Å². The monoisotopic (exact) mass is 384 g/mol. The molecule has 8 nitrogen and oxygen atoms in total. The Kier molecular flexibility index (Phi) is 3.61. The Labute approximate surface area is 156 Å². The molecule has 1 aromatic carbocycles. The van der Waals surface area contributed by atoms with E-state index < -0.39 is 9.84 Å². The fourth-order valence-electron chi connectivity index (χ4n) is 4.14. The Balaban J connectivity index is 1.51. The lowest BCUT2D eigenvalue weighted by Gasteiger charge is -2.15. The SMILES string of the molecule is Cn1ccc(S(=O)(=O)c2nc(Nc3c4c(cc5c3CCC5)CCC4)n[nH]2)n1. The Bertz CT molecular complexity index is 1110. The number of anilines is 2. The van der Waals surface area contributed by atoms with Gasteiger partial charge in [0.05, 0.1) is 0 Å². The van der Waals surface area contributed by atoms with Gasteiger partial charge in [-0.15, -0.1) is 5.10 Å². The van der Waals surface area contributed by atoms with Crippen LogP contribution in [0.25, 0.3) is 0 Å². The Morgan fingerprint density at radius 3 is 2.44 bits per heavy atom. The maximum Gasteiger partial charge on any atom is 0.260 e. The molecule has 2 aliphatic rings. The van der Waals surface area contributed by atoms with Gasteiger partial charge in [0, 0.05) is 18.9 Å². The van der Waals surface area contributed by atoms with Crippen molar-refractivity contribution in [3.8, 4) is 0 Å². The molecule has 5 rings (SSSR count). The van der Waals surface area contributed by atoms with Crippen molar-refractivity contribution in [3.63, 3.8) is 0 Å². The third-order valence-electron chi connectivity index (χ3n) is 5.39. The third-order valence-corrected chi connectivity index (χ3v) is 6.85.